The Kier molecular flexibility index (Phi) is 4.62. The van der Waals surface area contributed by atoms with Gasteiger partial charge in [0, 0.05) is 19.2 Å². The van der Waals surface area contributed by atoms with Gasteiger partial charge >= 0.3 is 0 Å². The molecule has 0 unspecified atom stereocenters. The summed E-state index contributed by atoms with van der Waals surface area (Å²) in [6.07, 6.45) is 2.67. The molecule has 3 rings (SSSR count). The minimum atomic E-state index is -0.192. The molecular formula is C17H21N3O3. The Hall–Kier alpha value is -2.34. The van der Waals surface area contributed by atoms with Crippen molar-refractivity contribution in [1.82, 2.24) is 14.5 Å². The first-order valence-corrected chi connectivity index (χ1v) is 7.76. The van der Waals surface area contributed by atoms with Crippen molar-refractivity contribution in [3.63, 3.8) is 0 Å². The molecule has 0 fully saturated rings. The van der Waals surface area contributed by atoms with Crippen molar-refractivity contribution < 1.29 is 14.6 Å². The van der Waals surface area contributed by atoms with Crippen molar-refractivity contribution in [2.75, 3.05) is 13.2 Å². The second kappa shape index (κ2) is 6.83. The lowest BCUT2D eigenvalue weighted by atomic mass is 10.0. The fraction of sp³-hybridized carbons (Fsp3) is 0.412. The van der Waals surface area contributed by atoms with Crippen molar-refractivity contribution in [2.45, 2.75) is 25.4 Å². The molecule has 0 saturated heterocycles. The van der Waals surface area contributed by atoms with Gasteiger partial charge in [0.05, 0.1) is 44.2 Å². The van der Waals surface area contributed by atoms with Crippen LogP contribution < -0.4 is 4.74 Å². The summed E-state index contributed by atoms with van der Waals surface area (Å²) < 4.78 is 7.54. The van der Waals surface area contributed by atoms with Crippen molar-refractivity contribution in [2.24, 2.45) is 7.05 Å². The van der Waals surface area contributed by atoms with Crippen LogP contribution in [0.5, 0.6) is 5.75 Å². The van der Waals surface area contributed by atoms with Crippen molar-refractivity contribution in [3.8, 4) is 5.75 Å². The smallest absolute Gasteiger partial charge is 0.226 e. The molecule has 1 N–H and O–H groups in total. The maximum Gasteiger partial charge on any atom is 0.226 e. The molecule has 23 heavy (non-hydrogen) atoms. The fourth-order valence-electron chi connectivity index (χ4n) is 2.89. The monoisotopic (exact) mass is 315 g/mol. The molecule has 1 aliphatic rings. The maximum atomic E-state index is 12.5. The zero-order valence-electron chi connectivity index (χ0n) is 13.2. The SMILES string of the molecule is Cn1cnc2c1C[C@@H](CO)N(C(=O)CCOc1ccccc1)C2. The van der Waals surface area contributed by atoms with Crippen LogP contribution in [0.1, 0.15) is 17.8 Å². The number of para-hydroxylation sites is 1. The minimum Gasteiger partial charge on any atom is -0.493 e. The highest BCUT2D eigenvalue weighted by Gasteiger charge is 2.31. The number of aliphatic hydroxyl groups is 1. The summed E-state index contributed by atoms with van der Waals surface area (Å²) in [4.78, 5) is 18.5. The third-order valence-electron chi connectivity index (χ3n) is 4.19. The van der Waals surface area contributed by atoms with Gasteiger partial charge in [0.15, 0.2) is 0 Å². The zero-order chi connectivity index (χ0) is 16.2. The summed E-state index contributed by atoms with van der Waals surface area (Å²) in [6.45, 7) is 0.730. The Labute approximate surface area is 135 Å². The summed E-state index contributed by atoms with van der Waals surface area (Å²) in [5.74, 6) is 0.737. The predicted molar refractivity (Wildman–Crippen MR) is 84.9 cm³/mol. The molecule has 1 amide bonds. The molecule has 1 aromatic carbocycles. The Balaban J connectivity index is 1.60. The van der Waals surface area contributed by atoms with Crippen LogP contribution in [0.2, 0.25) is 0 Å². The topological polar surface area (TPSA) is 67.6 Å². The molecule has 2 heterocycles. The number of aryl methyl sites for hydroxylation is 1. The molecule has 0 spiro atoms. The molecular weight excluding hydrogens is 294 g/mol. The number of hydrogen-bond acceptors (Lipinski definition) is 4. The highest BCUT2D eigenvalue weighted by atomic mass is 16.5. The van der Waals surface area contributed by atoms with Gasteiger partial charge in [0.25, 0.3) is 0 Å². The number of fused-ring (bicyclic) bond motifs is 1. The molecule has 1 atom stereocenters. The van der Waals surface area contributed by atoms with Crippen LogP contribution in [0.3, 0.4) is 0 Å². The van der Waals surface area contributed by atoms with Crippen LogP contribution >= 0.6 is 0 Å². The molecule has 6 nitrogen and oxygen atoms in total. The van der Waals surface area contributed by atoms with Crippen molar-refractivity contribution in [3.05, 3.63) is 48.0 Å². The Morgan fingerprint density at radius 3 is 2.91 bits per heavy atom. The van der Waals surface area contributed by atoms with Crippen LogP contribution in [-0.2, 0) is 24.8 Å². The highest BCUT2D eigenvalue weighted by Crippen LogP contribution is 2.22. The van der Waals surface area contributed by atoms with Gasteiger partial charge in [0.1, 0.15) is 5.75 Å². The molecule has 1 aliphatic heterocycles. The first-order valence-electron chi connectivity index (χ1n) is 7.76. The predicted octanol–water partition coefficient (Wildman–Crippen LogP) is 1.13. The van der Waals surface area contributed by atoms with E-state index in [4.69, 9.17) is 4.74 Å². The number of aliphatic hydroxyl groups excluding tert-OH is 1. The number of amides is 1. The highest BCUT2D eigenvalue weighted by molar-refractivity contribution is 5.77. The molecule has 0 radical (unpaired) electrons. The van der Waals surface area contributed by atoms with Gasteiger partial charge in [-0.15, -0.1) is 0 Å². The number of ether oxygens (including phenoxy) is 1. The third-order valence-corrected chi connectivity index (χ3v) is 4.19. The van der Waals surface area contributed by atoms with E-state index in [-0.39, 0.29) is 25.0 Å². The summed E-state index contributed by atoms with van der Waals surface area (Å²) in [7, 11) is 1.94. The molecule has 122 valence electrons. The number of carbonyl (C=O) groups is 1. The van der Waals surface area contributed by atoms with E-state index in [2.05, 4.69) is 4.98 Å². The fourth-order valence-corrected chi connectivity index (χ4v) is 2.89. The van der Waals surface area contributed by atoms with E-state index < -0.39 is 0 Å². The van der Waals surface area contributed by atoms with Gasteiger partial charge < -0.3 is 19.3 Å². The van der Waals surface area contributed by atoms with E-state index in [1.165, 1.54) is 0 Å². The number of carbonyl (C=O) groups excluding carboxylic acids is 1. The van der Waals surface area contributed by atoms with Gasteiger partial charge in [-0.3, -0.25) is 4.79 Å². The summed E-state index contributed by atoms with van der Waals surface area (Å²) in [5.41, 5.74) is 2.00. The molecule has 2 aromatic rings. The number of rotatable bonds is 5. The van der Waals surface area contributed by atoms with Gasteiger partial charge in [0.2, 0.25) is 5.91 Å². The lowest BCUT2D eigenvalue weighted by Gasteiger charge is -2.34. The second-order valence-electron chi connectivity index (χ2n) is 5.72. The summed E-state index contributed by atoms with van der Waals surface area (Å²) >= 11 is 0. The van der Waals surface area contributed by atoms with Gasteiger partial charge in [-0.25, -0.2) is 4.98 Å². The number of nitrogens with zero attached hydrogens (tertiary/aromatic N) is 3. The number of hydrogen-bond donors (Lipinski definition) is 1. The third kappa shape index (κ3) is 3.37. The largest absolute Gasteiger partial charge is 0.493 e. The van der Waals surface area contributed by atoms with Crippen molar-refractivity contribution in [1.29, 1.82) is 0 Å². The number of imidazole rings is 1. The van der Waals surface area contributed by atoms with Crippen LogP contribution in [-0.4, -0.2) is 44.7 Å². The molecule has 1 aromatic heterocycles. The lowest BCUT2D eigenvalue weighted by Crippen LogP contribution is -2.47. The normalized spacial score (nSPS) is 17.0. The lowest BCUT2D eigenvalue weighted by molar-refractivity contribution is -0.136. The van der Waals surface area contributed by atoms with E-state index in [0.717, 1.165) is 17.1 Å². The molecule has 0 saturated carbocycles. The molecule has 0 bridgehead atoms. The van der Waals surface area contributed by atoms with Gasteiger partial charge in [-0.1, -0.05) is 18.2 Å². The quantitative estimate of drug-likeness (QED) is 0.898. The molecule has 6 heteroatoms. The van der Waals surface area contributed by atoms with Gasteiger partial charge in [-0.2, -0.15) is 0 Å². The summed E-state index contributed by atoms with van der Waals surface area (Å²) in [5, 5.41) is 9.61. The zero-order valence-corrected chi connectivity index (χ0v) is 13.2. The first kappa shape index (κ1) is 15.6. The van der Waals surface area contributed by atoms with E-state index in [1.807, 2.05) is 41.9 Å². The summed E-state index contributed by atoms with van der Waals surface area (Å²) in [6, 6.07) is 9.24. The average Bonchev–Trinajstić information content (AvgIpc) is 2.95. The first-order chi connectivity index (χ1) is 11.2. The Bertz CT molecular complexity index is 669. The van der Waals surface area contributed by atoms with Crippen molar-refractivity contribution >= 4 is 5.91 Å². The Morgan fingerprint density at radius 1 is 1.39 bits per heavy atom. The van der Waals surface area contributed by atoms with E-state index in [1.54, 1.807) is 11.2 Å². The number of aromatic nitrogens is 2. The van der Waals surface area contributed by atoms with Crippen LogP contribution in [0.15, 0.2) is 36.7 Å². The molecule has 0 aliphatic carbocycles. The van der Waals surface area contributed by atoms with E-state index >= 15 is 0 Å². The van der Waals surface area contributed by atoms with Gasteiger partial charge in [-0.05, 0) is 12.1 Å². The van der Waals surface area contributed by atoms with E-state index in [9.17, 15) is 9.90 Å². The van der Waals surface area contributed by atoms with E-state index in [0.29, 0.717) is 19.6 Å². The van der Waals surface area contributed by atoms with Crippen LogP contribution in [0.25, 0.3) is 0 Å². The maximum absolute atomic E-state index is 12.5. The minimum absolute atomic E-state index is 0.0173. The Morgan fingerprint density at radius 2 is 2.17 bits per heavy atom. The number of benzene rings is 1. The standard InChI is InChI=1S/C17H21N3O3/c1-19-12-18-15-10-20(13(11-21)9-16(15)19)17(22)7-8-23-14-5-3-2-4-6-14/h2-6,12-13,21H,7-11H2,1H3/t13-/m0/s1. The van der Waals surface area contributed by atoms with Crippen LogP contribution in [0, 0.1) is 0 Å². The second-order valence-corrected chi connectivity index (χ2v) is 5.72. The van der Waals surface area contributed by atoms with Crippen LogP contribution in [0.4, 0.5) is 0 Å². The average molecular weight is 315 g/mol.